The Kier molecular flexibility index (Phi) is 4.77. The average Bonchev–Trinajstić information content (AvgIpc) is 2.35. The largest absolute Gasteiger partial charge is 0.497 e. The topological polar surface area (TPSA) is 64.6 Å². The van der Waals surface area contributed by atoms with Crippen molar-refractivity contribution >= 4 is 9.84 Å². The molecule has 0 aliphatic heterocycles. The molecule has 0 unspecified atom stereocenters. The van der Waals surface area contributed by atoms with Gasteiger partial charge in [0.15, 0.2) is 9.84 Å². The second-order valence-corrected chi connectivity index (χ2v) is 5.34. The zero-order chi connectivity index (χ0) is 12.9. The van der Waals surface area contributed by atoms with Gasteiger partial charge in [0, 0.05) is 6.07 Å². The van der Waals surface area contributed by atoms with Gasteiger partial charge in [0.05, 0.1) is 14.2 Å². The minimum Gasteiger partial charge on any atom is -0.497 e. The minimum atomic E-state index is -3.38. The highest BCUT2D eigenvalue weighted by Crippen LogP contribution is 2.28. The third-order valence-corrected chi connectivity index (χ3v) is 3.84. The Balaban J connectivity index is 3.12. The van der Waals surface area contributed by atoms with E-state index >= 15 is 0 Å². The van der Waals surface area contributed by atoms with E-state index in [9.17, 15) is 8.42 Å². The summed E-state index contributed by atoms with van der Waals surface area (Å²) in [5.74, 6) is 0.748. The first-order valence-corrected chi connectivity index (χ1v) is 6.86. The Hall–Kier alpha value is -1.27. The van der Waals surface area contributed by atoms with Crippen molar-refractivity contribution in [2.75, 3.05) is 26.6 Å². The van der Waals surface area contributed by atoms with Crippen LogP contribution >= 0.6 is 0 Å². The van der Waals surface area contributed by atoms with Gasteiger partial charge in [-0.15, -0.1) is 0 Å². The summed E-state index contributed by atoms with van der Waals surface area (Å²) in [7, 11) is -0.435. The molecule has 0 fully saturated rings. The van der Waals surface area contributed by atoms with Crippen LogP contribution in [0.15, 0.2) is 23.1 Å². The van der Waals surface area contributed by atoms with Gasteiger partial charge in [-0.1, -0.05) is 6.92 Å². The summed E-state index contributed by atoms with van der Waals surface area (Å²) < 4.78 is 34.1. The molecule has 0 radical (unpaired) electrons. The van der Waals surface area contributed by atoms with Gasteiger partial charge in [0.1, 0.15) is 22.3 Å². The lowest BCUT2D eigenvalue weighted by Crippen LogP contribution is -2.23. The maximum absolute atomic E-state index is 12.0. The zero-order valence-corrected chi connectivity index (χ0v) is 11.0. The molecule has 1 aromatic rings. The van der Waals surface area contributed by atoms with Crippen molar-refractivity contribution in [3.63, 3.8) is 0 Å². The molecule has 0 atom stereocenters. The van der Waals surface area contributed by atoms with Crippen molar-refractivity contribution in [1.82, 2.24) is 5.32 Å². The van der Waals surface area contributed by atoms with Crippen LogP contribution in [0.3, 0.4) is 0 Å². The highest BCUT2D eigenvalue weighted by molar-refractivity contribution is 7.91. The van der Waals surface area contributed by atoms with Gasteiger partial charge in [-0.2, -0.15) is 0 Å². The molecule has 5 nitrogen and oxygen atoms in total. The second kappa shape index (κ2) is 5.88. The van der Waals surface area contributed by atoms with Crippen LogP contribution in [0.2, 0.25) is 0 Å². The van der Waals surface area contributed by atoms with Crippen molar-refractivity contribution in [2.45, 2.75) is 11.8 Å². The Morgan fingerprint density at radius 1 is 1.24 bits per heavy atom. The maximum atomic E-state index is 12.0. The standard InChI is InChI=1S/C11H17NO4S/c1-4-12-8-17(13,14)11-6-5-9(15-2)7-10(11)16-3/h5-7,12H,4,8H2,1-3H3. The molecule has 6 heteroatoms. The zero-order valence-electron chi connectivity index (χ0n) is 10.2. The van der Waals surface area contributed by atoms with E-state index in [2.05, 4.69) is 5.32 Å². The molecule has 0 aliphatic carbocycles. The van der Waals surface area contributed by atoms with Gasteiger partial charge >= 0.3 is 0 Å². The lowest BCUT2D eigenvalue weighted by molar-refractivity contribution is 0.386. The van der Waals surface area contributed by atoms with Crippen LogP contribution in [0.4, 0.5) is 0 Å². The van der Waals surface area contributed by atoms with E-state index in [4.69, 9.17) is 9.47 Å². The number of ether oxygens (including phenoxy) is 2. The molecular weight excluding hydrogens is 242 g/mol. The predicted octanol–water partition coefficient (Wildman–Crippen LogP) is 1.04. The third-order valence-electron chi connectivity index (χ3n) is 2.25. The van der Waals surface area contributed by atoms with Gasteiger partial charge in [0.2, 0.25) is 0 Å². The molecule has 0 amide bonds. The lowest BCUT2D eigenvalue weighted by Gasteiger charge is -2.11. The number of hydrogen-bond acceptors (Lipinski definition) is 5. The first-order valence-electron chi connectivity index (χ1n) is 5.20. The molecule has 0 saturated heterocycles. The molecule has 96 valence electrons. The summed E-state index contributed by atoms with van der Waals surface area (Å²) in [6.45, 7) is 2.44. The normalized spacial score (nSPS) is 11.2. The number of benzene rings is 1. The van der Waals surface area contributed by atoms with Crippen molar-refractivity contribution in [1.29, 1.82) is 0 Å². The predicted molar refractivity (Wildman–Crippen MR) is 65.3 cm³/mol. The van der Waals surface area contributed by atoms with Crippen LogP contribution in [0.5, 0.6) is 11.5 Å². The van der Waals surface area contributed by atoms with E-state index in [0.29, 0.717) is 18.0 Å². The lowest BCUT2D eigenvalue weighted by atomic mass is 10.3. The summed E-state index contributed by atoms with van der Waals surface area (Å²) in [4.78, 5) is 0.168. The van der Waals surface area contributed by atoms with Gasteiger partial charge in [0.25, 0.3) is 0 Å². The second-order valence-electron chi connectivity index (χ2n) is 3.38. The van der Waals surface area contributed by atoms with Gasteiger partial charge < -0.3 is 14.8 Å². The van der Waals surface area contributed by atoms with Crippen LogP contribution in [0.25, 0.3) is 0 Å². The van der Waals surface area contributed by atoms with E-state index < -0.39 is 9.84 Å². The summed E-state index contributed by atoms with van der Waals surface area (Å²) in [6.07, 6.45) is 0. The minimum absolute atomic E-state index is 0.105. The van der Waals surface area contributed by atoms with E-state index in [1.165, 1.54) is 20.3 Å². The molecule has 1 N–H and O–H groups in total. The molecule has 1 rings (SSSR count). The quantitative estimate of drug-likeness (QED) is 0.827. The van der Waals surface area contributed by atoms with Gasteiger partial charge in [-0.3, -0.25) is 0 Å². The summed E-state index contributed by atoms with van der Waals surface area (Å²) >= 11 is 0. The van der Waals surface area contributed by atoms with Crippen molar-refractivity contribution in [3.05, 3.63) is 18.2 Å². The van der Waals surface area contributed by atoms with Gasteiger partial charge in [-0.05, 0) is 18.7 Å². The van der Waals surface area contributed by atoms with Crippen molar-refractivity contribution < 1.29 is 17.9 Å². The number of methoxy groups -OCH3 is 2. The first kappa shape index (κ1) is 13.8. The summed E-state index contributed by atoms with van der Waals surface area (Å²) in [6, 6.07) is 4.64. The molecular formula is C11H17NO4S. The highest BCUT2D eigenvalue weighted by atomic mass is 32.2. The van der Waals surface area contributed by atoms with Crippen LogP contribution in [-0.4, -0.2) is 35.1 Å². The van der Waals surface area contributed by atoms with Crippen LogP contribution in [0, 0.1) is 0 Å². The summed E-state index contributed by atoms with van der Waals surface area (Å²) in [5, 5.41) is 2.79. The fourth-order valence-electron chi connectivity index (χ4n) is 1.35. The number of rotatable bonds is 6. The van der Waals surface area contributed by atoms with Crippen molar-refractivity contribution in [3.8, 4) is 11.5 Å². The fourth-order valence-corrected chi connectivity index (χ4v) is 2.70. The molecule has 0 aromatic heterocycles. The highest BCUT2D eigenvalue weighted by Gasteiger charge is 2.19. The van der Waals surface area contributed by atoms with Crippen molar-refractivity contribution in [2.24, 2.45) is 0 Å². The number of nitrogens with one attached hydrogen (secondary N) is 1. The monoisotopic (exact) mass is 259 g/mol. The van der Waals surface area contributed by atoms with E-state index in [-0.39, 0.29) is 10.8 Å². The molecule has 0 spiro atoms. The number of hydrogen-bond donors (Lipinski definition) is 1. The molecule has 17 heavy (non-hydrogen) atoms. The maximum Gasteiger partial charge on any atom is 0.194 e. The van der Waals surface area contributed by atoms with E-state index in [1.54, 1.807) is 12.1 Å². The number of sulfone groups is 1. The Morgan fingerprint density at radius 2 is 1.94 bits per heavy atom. The molecule has 0 heterocycles. The third kappa shape index (κ3) is 3.34. The SMILES string of the molecule is CCNCS(=O)(=O)c1ccc(OC)cc1OC. The summed E-state index contributed by atoms with van der Waals surface area (Å²) in [5.41, 5.74) is 0. The van der Waals surface area contributed by atoms with Gasteiger partial charge in [-0.25, -0.2) is 8.42 Å². The Bertz CT molecular complexity index is 470. The van der Waals surface area contributed by atoms with Crippen LogP contribution < -0.4 is 14.8 Å². The first-order chi connectivity index (χ1) is 8.05. The molecule has 0 aliphatic rings. The van der Waals surface area contributed by atoms with E-state index in [1.807, 2.05) is 6.92 Å². The molecule has 0 bridgehead atoms. The smallest absolute Gasteiger partial charge is 0.194 e. The van der Waals surface area contributed by atoms with Crippen LogP contribution in [0.1, 0.15) is 6.92 Å². The molecule has 0 saturated carbocycles. The Labute approximate surface area is 102 Å². The van der Waals surface area contributed by atoms with E-state index in [0.717, 1.165) is 0 Å². The molecule has 1 aromatic carbocycles. The van der Waals surface area contributed by atoms with Crippen LogP contribution in [-0.2, 0) is 9.84 Å². The fraction of sp³-hybridized carbons (Fsp3) is 0.455. The average molecular weight is 259 g/mol. The Morgan fingerprint density at radius 3 is 2.47 bits per heavy atom.